The predicted octanol–water partition coefficient (Wildman–Crippen LogP) is 3.40. The topological polar surface area (TPSA) is 64.1 Å². The third-order valence-corrected chi connectivity index (χ3v) is 4.38. The van der Waals surface area contributed by atoms with Gasteiger partial charge in [0.2, 0.25) is 0 Å². The number of aromatic nitrogens is 2. The second kappa shape index (κ2) is 8.90. The lowest BCUT2D eigenvalue weighted by Gasteiger charge is -2.04. The number of carbonyl (C=O) groups is 1. The molecule has 1 aromatic carbocycles. The monoisotopic (exact) mass is 363 g/mol. The molecule has 26 heavy (non-hydrogen) atoms. The number of nitrogens with zero attached hydrogens (tertiary/aromatic N) is 2. The van der Waals surface area contributed by atoms with Crippen LogP contribution in [0.5, 0.6) is 0 Å². The largest absolute Gasteiger partial charge is 0.367 e. The highest BCUT2D eigenvalue weighted by Crippen LogP contribution is 2.21. The fourth-order valence-electron chi connectivity index (χ4n) is 2.12. The molecule has 3 aromatic rings. The van der Waals surface area contributed by atoms with Crippen LogP contribution in [0.4, 0.5) is 5.13 Å². The number of pyridine rings is 1. The van der Waals surface area contributed by atoms with Crippen molar-refractivity contribution in [3.05, 3.63) is 76.6 Å². The first-order chi connectivity index (χ1) is 12.7. The molecule has 0 bridgehead atoms. The molecule has 2 aromatic heterocycles. The van der Waals surface area contributed by atoms with E-state index in [0.717, 1.165) is 21.7 Å². The minimum absolute atomic E-state index is 0.0223. The molecule has 1 amide bonds. The molecule has 130 valence electrons. The Balaban J connectivity index is 1.54. The van der Waals surface area contributed by atoms with Crippen molar-refractivity contribution in [1.82, 2.24) is 9.97 Å². The number of rotatable bonds is 5. The highest BCUT2D eigenvalue weighted by atomic mass is 32.1. The van der Waals surface area contributed by atoms with E-state index in [1.165, 1.54) is 11.3 Å². The van der Waals surface area contributed by atoms with Crippen LogP contribution in [0.25, 0.3) is 0 Å². The Morgan fingerprint density at radius 2 is 1.92 bits per heavy atom. The van der Waals surface area contributed by atoms with Gasteiger partial charge in [0.15, 0.2) is 5.13 Å². The van der Waals surface area contributed by atoms with Gasteiger partial charge < -0.3 is 4.74 Å². The molecule has 0 aliphatic rings. The number of benzene rings is 1. The first-order valence-corrected chi connectivity index (χ1v) is 8.83. The number of anilines is 1. The summed E-state index contributed by atoms with van der Waals surface area (Å²) in [6.45, 7) is 2.24. The number of hydrogen-bond donors (Lipinski definition) is 1. The number of amides is 1. The molecule has 0 atom stereocenters. The molecular weight excluding hydrogens is 346 g/mol. The molecular formula is C20H17N3O2S. The van der Waals surface area contributed by atoms with E-state index in [4.69, 9.17) is 4.74 Å². The van der Waals surface area contributed by atoms with E-state index >= 15 is 0 Å². The van der Waals surface area contributed by atoms with E-state index in [-0.39, 0.29) is 12.5 Å². The number of thiazole rings is 1. The minimum Gasteiger partial charge on any atom is -0.367 e. The summed E-state index contributed by atoms with van der Waals surface area (Å²) >= 11 is 1.35. The average molecular weight is 363 g/mol. The summed E-state index contributed by atoms with van der Waals surface area (Å²) in [6.07, 6.45) is 3.40. The minimum atomic E-state index is -0.233. The first-order valence-electron chi connectivity index (χ1n) is 8.02. The van der Waals surface area contributed by atoms with Crippen molar-refractivity contribution in [1.29, 1.82) is 0 Å². The van der Waals surface area contributed by atoms with E-state index in [9.17, 15) is 4.79 Å². The summed E-state index contributed by atoms with van der Waals surface area (Å²) in [7, 11) is 0. The molecule has 0 aliphatic heterocycles. The number of aryl methyl sites for hydroxylation is 1. The fourth-order valence-corrected chi connectivity index (χ4v) is 2.96. The third-order valence-electron chi connectivity index (χ3n) is 3.39. The normalized spacial score (nSPS) is 10.0. The molecule has 0 aliphatic carbocycles. The summed E-state index contributed by atoms with van der Waals surface area (Å²) in [5.41, 5.74) is 2.70. The fraction of sp³-hybridized carbons (Fsp3) is 0.150. The molecule has 0 spiro atoms. The highest BCUT2D eigenvalue weighted by molar-refractivity contribution is 7.16. The number of ether oxygens (including phenoxy) is 1. The van der Waals surface area contributed by atoms with E-state index in [2.05, 4.69) is 27.1 Å². The quantitative estimate of drug-likeness (QED) is 0.706. The van der Waals surface area contributed by atoms with Crippen molar-refractivity contribution in [2.45, 2.75) is 13.5 Å². The second-order valence-electron chi connectivity index (χ2n) is 5.45. The van der Waals surface area contributed by atoms with Gasteiger partial charge >= 0.3 is 0 Å². The van der Waals surface area contributed by atoms with Gasteiger partial charge in [-0.2, -0.15) is 0 Å². The van der Waals surface area contributed by atoms with Crippen LogP contribution in [-0.2, 0) is 16.1 Å². The Labute approximate surface area is 156 Å². The van der Waals surface area contributed by atoms with Crippen molar-refractivity contribution in [2.75, 3.05) is 11.9 Å². The number of carbonyl (C=O) groups excluding carboxylic acids is 1. The van der Waals surface area contributed by atoms with Gasteiger partial charge in [0, 0.05) is 18.0 Å². The van der Waals surface area contributed by atoms with E-state index < -0.39 is 0 Å². The van der Waals surface area contributed by atoms with Crippen LogP contribution in [0, 0.1) is 18.8 Å². The predicted molar refractivity (Wildman–Crippen MR) is 102 cm³/mol. The van der Waals surface area contributed by atoms with Crippen LogP contribution in [-0.4, -0.2) is 22.5 Å². The zero-order chi connectivity index (χ0) is 18.2. The maximum absolute atomic E-state index is 12.0. The van der Waals surface area contributed by atoms with Crippen LogP contribution >= 0.6 is 11.3 Å². The van der Waals surface area contributed by atoms with Crippen molar-refractivity contribution in [2.24, 2.45) is 0 Å². The summed E-state index contributed by atoms with van der Waals surface area (Å²) in [6, 6.07) is 13.4. The van der Waals surface area contributed by atoms with Gasteiger partial charge in [-0.15, -0.1) is 0 Å². The summed E-state index contributed by atoms with van der Waals surface area (Å²) in [5, 5.41) is 3.28. The molecule has 5 nitrogen and oxygen atoms in total. The van der Waals surface area contributed by atoms with E-state index in [1.54, 1.807) is 12.4 Å². The molecule has 3 rings (SSSR count). The van der Waals surface area contributed by atoms with Gasteiger partial charge in [0.25, 0.3) is 5.91 Å². The lowest BCUT2D eigenvalue weighted by molar-refractivity contribution is -0.121. The van der Waals surface area contributed by atoms with Gasteiger partial charge in [-0.05, 0) is 30.5 Å². The van der Waals surface area contributed by atoms with Crippen molar-refractivity contribution < 1.29 is 9.53 Å². The Morgan fingerprint density at radius 1 is 1.15 bits per heavy atom. The van der Waals surface area contributed by atoms with Crippen LogP contribution in [0.3, 0.4) is 0 Å². The van der Waals surface area contributed by atoms with Gasteiger partial charge in [-0.25, -0.2) is 4.98 Å². The van der Waals surface area contributed by atoms with Crippen molar-refractivity contribution in [3.63, 3.8) is 0 Å². The summed E-state index contributed by atoms with van der Waals surface area (Å²) in [5.74, 6) is 5.91. The molecule has 0 saturated carbocycles. The van der Waals surface area contributed by atoms with Gasteiger partial charge in [-0.1, -0.05) is 47.6 Å². The van der Waals surface area contributed by atoms with E-state index in [0.29, 0.717) is 11.7 Å². The van der Waals surface area contributed by atoms with Gasteiger partial charge in [0.1, 0.15) is 11.5 Å². The van der Waals surface area contributed by atoms with Crippen molar-refractivity contribution >= 4 is 22.4 Å². The van der Waals surface area contributed by atoms with Gasteiger partial charge in [-0.3, -0.25) is 15.1 Å². The average Bonchev–Trinajstić information content (AvgIpc) is 3.01. The van der Waals surface area contributed by atoms with Crippen LogP contribution in [0.2, 0.25) is 0 Å². The van der Waals surface area contributed by atoms with Gasteiger partial charge in [0.05, 0.1) is 12.3 Å². The standard InChI is InChI=1S/C20H17N3O2S/c1-15-18(8-7-16-9-11-21-12-10-16)26-20(22-15)23-19(24)14-25-13-17-5-3-2-4-6-17/h2-6,9-12H,13-14H2,1H3,(H,22,23,24). The highest BCUT2D eigenvalue weighted by Gasteiger charge is 2.09. The molecule has 1 N–H and O–H groups in total. The zero-order valence-electron chi connectivity index (χ0n) is 14.2. The number of hydrogen-bond acceptors (Lipinski definition) is 5. The van der Waals surface area contributed by atoms with Crippen LogP contribution in [0.15, 0.2) is 54.9 Å². The van der Waals surface area contributed by atoms with Crippen molar-refractivity contribution in [3.8, 4) is 11.8 Å². The molecule has 0 radical (unpaired) electrons. The molecule has 0 fully saturated rings. The second-order valence-corrected chi connectivity index (χ2v) is 6.45. The maximum atomic E-state index is 12.0. The van der Waals surface area contributed by atoms with E-state index in [1.807, 2.05) is 49.4 Å². The van der Waals surface area contributed by atoms with Crippen LogP contribution in [0.1, 0.15) is 21.7 Å². The first kappa shape index (κ1) is 17.8. The lowest BCUT2D eigenvalue weighted by Crippen LogP contribution is -2.18. The Kier molecular flexibility index (Phi) is 6.09. The molecule has 0 saturated heterocycles. The summed E-state index contributed by atoms with van der Waals surface area (Å²) < 4.78 is 5.43. The molecule has 2 heterocycles. The summed E-state index contributed by atoms with van der Waals surface area (Å²) in [4.78, 5) is 21.1. The zero-order valence-corrected chi connectivity index (χ0v) is 15.0. The molecule has 6 heteroatoms. The smallest absolute Gasteiger partial charge is 0.252 e. The SMILES string of the molecule is Cc1nc(NC(=O)COCc2ccccc2)sc1C#Cc1ccncc1. The Bertz CT molecular complexity index is 928. The lowest BCUT2D eigenvalue weighted by atomic mass is 10.2. The Morgan fingerprint density at radius 3 is 2.69 bits per heavy atom. The maximum Gasteiger partial charge on any atom is 0.252 e. The number of nitrogens with one attached hydrogen (secondary N) is 1. The molecule has 0 unspecified atom stereocenters. The third kappa shape index (κ3) is 5.24. The van der Waals surface area contributed by atoms with Crippen LogP contribution < -0.4 is 5.32 Å². The Hall–Kier alpha value is -3.01.